The first-order valence-electron chi connectivity index (χ1n) is 11.6. The molecule has 2 fully saturated rings. The quantitative estimate of drug-likeness (QED) is 0.535. The van der Waals surface area contributed by atoms with Gasteiger partial charge in [-0.15, -0.1) is 0 Å². The number of aromatic nitrogens is 2. The molecule has 2 aliphatic rings. The first-order chi connectivity index (χ1) is 16.3. The summed E-state index contributed by atoms with van der Waals surface area (Å²) >= 11 is 0. The van der Waals surface area contributed by atoms with E-state index in [4.69, 9.17) is 0 Å². The number of hydrogen-bond acceptors (Lipinski definition) is 3. The van der Waals surface area contributed by atoms with E-state index >= 15 is 0 Å². The Morgan fingerprint density at radius 2 is 1.88 bits per heavy atom. The summed E-state index contributed by atoms with van der Waals surface area (Å²) < 4.78 is 38.7. The van der Waals surface area contributed by atoms with E-state index in [1.54, 1.807) is 6.07 Å². The maximum absolute atomic E-state index is 12.9. The maximum atomic E-state index is 12.9. The fourth-order valence-corrected chi connectivity index (χ4v) is 5.12. The van der Waals surface area contributed by atoms with E-state index in [1.165, 1.54) is 6.07 Å². The lowest BCUT2D eigenvalue weighted by Crippen LogP contribution is -2.36. The third-order valence-corrected chi connectivity index (χ3v) is 7.25. The number of piperidine rings is 1. The molecule has 1 atom stereocenters. The fraction of sp³-hybridized carbons (Fsp3) is 0.385. The number of likely N-dealkylation sites (tertiary alicyclic amines) is 1. The molecule has 5 nitrogen and oxygen atoms in total. The van der Waals surface area contributed by atoms with Crippen molar-refractivity contribution in [3.05, 3.63) is 77.5 Å². The van der Waals surface area contributed by atoms with Gasteiger partial charge in [-0.25, -0.2) is 0 Å². The minimum atomic E-state index is -4.38. The van der Waals surface area contributed by atoms with Gasteiger partial charge in [-0.05, 0) is 61.0 Å². The molecule has 3 aromatic rings. The van der Waals surface area contributed by atoms with Crippen molar-refractivity contribution in [2.45, 2.75) is 38.5 Å². The predicted octanol–water partition coefficient (Wildman–Crippen LogP) is 5.01. The number of carbonyl (C=O) groups is 1. The normalized spacial score (nSPS) is 19.8. The number of H-pyrrole nitrogens is 1. The standard InChI is InChI=1S/C26H27F3N4O/c27-26(28,29)21-8-4-5-18(13-21)15-30-24(34)22-14-25(22)9-11-33(12-10-25)17-20-16-31-32-23(20)19-6-2-1-3-7-19/h1-8,13,16,22H,9-12,14-15,17H2,(H,30,34)(H,31,32)/t22-/m1/s1. The molecule has 5 rings (SSSR count). The van der Waals surface area contributed by atoms with Crippen molar-refractivity contribution in [3.63, 3.8) is 0 Å². The first kappa shape index (κ1) is 22.7. The van der Waals surface area contributed by atoms with Crippen molar-refractivity contribution in [1.82, 2.24) is 20.4 Å². The summed E-state index contributed by atoms with van der Waals surface area (Å²) in [5.41, 5.74) is 3.12. The Morgan fingerprint density at radius 3 is 2.62 bits per heavy atom. The average molecular weight is 469 g/mol. The van der Waals surface area contributed by atoms with E-state index in [0.717, 1.165) is 67.9 Å². The molecule has 1 aliphatic carbocycles. The largest absolute Gasteiger partial charge is 0.416 e. The third-order valence-electron chi connectivity index (χ3n) is 7.25. The van der Waals surface area contributed by atoms with Crippen LogP contribution in [-0.4, -0.2) is 34.1 Å². The minimum absolute atomic E-state index is 0.0348. The number of aromatic amines is 1. The van der Waals surface area contributed by atoms with Gasteiger partial charge in [0.05, 0.1) is 17.5 Å². The van der Waals surface area contributed by atoms with Crippen molar-refractivity contribution in [3.8, 4) is 11.3 Å². The van der Waals surface area contributed by atoms with E-state index in [1.807, 2.05) is 24.4 Å². The molecule has 0 unspecified atom stereocenters. The highest BCUT2D eigenvalue weighted by Crippen LogP contribution is 2.59. The SMILES string of the molecule is O=C(NCc1cccc(C(F)(F)F)c1)[C@H]1CC12CCN(Cc1cn[nH]c1-c1ccccc1)CC2. The smallest absolute Gasteiger partial charge is 0.352 e. The highest BCUT2D eigenvalue weighted by Gasteiger charge is 2.58. The van der Waals surface area contributed by atoms with Gasteiger partial charge in [0.15, 0.2) is 0 Å². The molecule has 2 N–H and O–H groups in total. The van der Waals surface area contributed by atoms with Gasteiger partial charge in [0.2, 0.25) is 5.91 Å². The molecule has 2 heterocycles. The Hall–Kier alpha value is -3.13. The zero-order valence-corrected chi connectivity index (χ0v) is 18.7. The van der Waals surface area contributed by atoms with Crippen molar-refractivity contribution in [2.75, 3.05) is 13.1 Å². The molecule has 0 radical (unpaired) electrons. The lowest BCUT2D eigenvalue weighted by atomic mass is 9.90. The van der Waals surface area contributed by atoms with E-state index in [-0.39, 0.29) is 23.8 Å². The first-order valence-corrected chi connectivity index (χ1v) is 11.6. The van der Waals surface area contributed by atoms with Crippen LogP contribution in [0.25, 0.3) is 11.3 Å². The van der Waals surface area contributed by atoms with Crippen molar-refractivity contribution < 1.29 is 18.0 Å². The van der Waals surface area contributed by atoms with E-state index in [0.29, 0.717) is 5.56 Å². The van der Waals surface area contributed by atoms with Crippen LogP contribution in [0.4, 0.5) is 13.2 Å². The van der Waals surface area contributed by atoms with E-state index < -0.39 is 11.7 Å². The summed E-state index contributed by atoms with van der Waals surface area (Å²) in [5.74, 6) is -0.0960. The number of rotatable bonds is 6. The van der Waals surface area contributed by atoms with Crippen LogP contribution in [-0.2, 0) is 24.1 Å². The van der Waals surface area contributed by atoms with Crippen LogP contribution in [0, 0.1) is 11.3 Å². The Bertz CT molecular complexity index is 1150. The second-order valence-corrected chi connectivity index (χ2v) is 9.45. The molecule has 1 aliphatic heterocycles. The van der Waals surface area contributed by atoms with Gasteiger partial charge in [-0.1, -0.05) is 42.5 Å². The molecule has 1 saturated heterocycles. The van der Waals surface area contributed by atoms with Gasteiger partial charge >= 0.3 is 6.18 Å². The molecular weight excluding hydrogens is 441 g/mol. The summed E-state index contributed by atoms with van der Waals surface area (Å²) in [4.78, 5) is 15.1. The molecule has 8 heteroatoms. The number of halogens is 3. The van der Waals surface area contributed by atoms with Crippen LogP contribution in [0.5, 0.6) is 0 Å². The number of hydrogen-bond donors (Lipinski definition) is 2. The van der Waals surface area contributed by atoms with Crippen LogP contribution < -0.4 is 5.32 Å². The summed E-state index contributed by atoms with van der Waals surface area (Å²) in [7, 11) is 0. The number of nitrogens with zero attached hydrogens (tertiary/aromatic N) is 2. The monoisotopic (exact) mass is 468 g/mol. The van der Waals surface area contributed by atoms with Gasteiger partial charge < -0.3 is 5.32 Å². The van der Waals surface area contributed by atoms with Crippen LogP contribution >= 0.6 is 0 Å². The molecule has 178 valence electrons. The highest BCUT2D eigenvalue weighted by atomic mass is 19.4. The zero-order chi connectivity index (χ0) is 23.8. The zero-order valence-electron chi connectivity index (χ0n) is 18.7. The Morgan fingerprint density at radius 1 is 1.12 bits per heavy atom. The van der Waals surface area contributed by atoms with Gasteiger partial charge in [0.25, 0.3) is 0 Å². The van der Waals surface area contributed by atoms with Gasteiger partial charge in [0, 0.05) is 24.6 Å². The summed E-state index contributed by atoms with van der Waals surface area (Å²) in [5, 5.41) is 10.2. The average Bonchev–Trinajstić information content (AvgIpc) is 3.34. The van der Waals surface area contributed by atoms with Crippen LogP contribution in [0.3, 0.4) is 0 Å². The van der Waals surface area contributed by atoms with E-state index in [9.17, 15) is 18.0 Å². The molecule has 0 bridgehead atoms. The van der Waals surface area contributed by atoms with Crippen LogP contribution in [0.1, 0.15) is 36.0 Å². The van der Waals surface area contributed by atoms with Gasteiger partial charge in [-0.2, -0.15) is 18.3 Å². The lowest BCUT2D eigenvalue weighted by Gasteiger charge is -2.32. The maximum Gasteiger partial charge on any atom is 0.416 e. The lowest BCUT2D eigenvalue weighted by molar-refractivity contribution is -0.137. The Balaban J connectivity index is 1.12. The number of alkyl halides is 3. The number of amides is 1. The topological polar surface area (TPSA) is 61.0 Å². The van der Waals surface area contributed by atoms with Crippen molar-refractivity contribution in [2.24, 2.45) is 11.3 Å². The van der Waals surface area contributed by atoms with Crippen molar-refractivity contribution in [1.29, 1.82) is 0 Å². The molecule has 1 aromatic heterocycles. The van der Waals surface area contributed by atoms with Crippen molar-refractivity contribution >= 4 is 5.91 Å². The Kier molecular flexibility index (Phi) is 5.93. The predicted molar refractivity (Wildman–Crippen MR) is 122 cm³/mol. The minimum Gasteiger partial charge on any atom is -0.352 e. The Labute approximate surface area is 196 Å². The van der Waals surface area contributed by atoms with Gasteiger partial charge in [0.1, 0.15) is 0 Å². The van der Waals surface area contributed by atoms with Crippen LogP contribution in [0.2, 0.25) is 0 Å². The summed E-state index contributed by atoms with van der Waals surface area (Å²) in [6, 6.07) is 15.3. The number of carbonyl (C=O) groups excluding carboxylic acids is 1. The molecule has 1 spiro atoms. The van der Waals surface area contributed by atoms with Crippen LogP contribution in [0.15, 0.2) is 60.8 Å². The molecule has 1 saturated carbocycles. The second-order valence-electron chi connectivity index (χ2n) is 9.45. The summed E-state index contributed by atoms with van der Waals surface area (Å²) in [6.45, 7) is 2.75. The second kappa shape index (κ2) is 8.91. The molecular formula is C26H27F3N4O. The molecule has 34 heavy (non-hydrogen) atoms. The molecule has 2 aromatic carbocycles. The fourth-order valence-electron chi connectivity index (χ4n) is 5.12. The third kappa shape index (κ3) is 4.73. The van der Waals surface area contributed by atoms with Gasteiger partial charge in [-0.3, -0.25) is 14.8 Å². The number of benzene rings is 2. The molecule has 1 amide bonds. The van der Waals surface area contributed by atoms with E-state index in [2.05, 4.69) is 32.5 Å². The number of nitrogens with one attached hydrogen (secondary N) is 2. The summed E-state index contributed by atoms with van der Waals surface area (Å²) in [6.07, 6.45) is 0.261. The highest BCUT2D eigenvalue weighted by molar-refractivity contribution is 5.82.